The molecule has 0 aromatic rings. The van der Waals surface area contributed by atoms with Gasteiger partial charge in [-0.25, -0.2) is 14.4 Å². The van der Waals surface area contributed by atoms with Crippen molar-refractivity contribution in [1.29, 1.82) is 0 Å². The average Bonchev–Trinajstić information content (AvgIpc) is 3.19. The molecule has 0 aromatic heterocycles. The van der Waals surface area contributed by atoms with Crippen LogP contribution >= 0.6 is 0 Å². The molecule has 0 aromatic carbocycles. The fourth-order valence-corrected chi connectivity index (χ4v) is 8.57. The molecule has 0 spiro atoms. The third kappa shape index (κ3) is 13.4. The van der Waals surface area contributed by atoms with Gasteiger partial charge in [0.05, 0.1) is 62.7 Å². The molecule has 11 atom stereocenters. The number of aliphatic hydroxyl groups excluding tert-OH is 2. The van der Waals surface area contributed by atoms with E-state index in [2.05, 4.69) is 0 Å². The van der Waals surface area contributed by atoms with Crippen LogP contribution in [0.1, 0.15) is 113 Å². The number of methoxy groups -OCH3 is 2. The molecule has 17 heteroatoms. The summed E-state index contributed by atoms with van der Waals surface area (Å²) in [7, 11) is 2.40. The molecule has 17 nitrogen and oxygen atoms in total. The van der Waals surface area contributed by atoms with Gasteiger partial charge in [0, 0.05) is 56.3 Å². The van der Waals surface area contributed by atoms with Crippen LogP contribution in [-0.4, -0.2) is 131 Å². The van der Waals surface area contributed by atoms with E-state index >= 15 is 0 Å². The number of esters is 5. The molecular formula is C47H68O17. The van der Waals surface area contributed by atoms with Crippen molar-refractivity contribution in [2.24, 2.45) is 10.8 Å². The maximum atomic E-state index is 13.4. The summed E-state index contributed by atoms with van der Waals surface area (Å²) in [4.78, 5) is 64.7. The number of hydrogen-bond acceptors (Lipinski definition) is 17. The van der Waals surface area contributed by atoms with Crippen LogP contribution in [0.2, 0.25) is 0 Å². The van der Waals surface area contributed by atoms with E-state index in [0.717, 1.165) is 32.1 Å². The summed E-state index contributed by atoms with van der Waals surface area (Å²) in [6, 6.07) is 0. The zero-order valence-electron chi connectivity index (χ0n) is 38.5. The number of rotatable bonds is 9. The summed E-state index contributed by atoms with van der Waals surface area (Å²) in [5.74, 6) is -8.31. The quantitative estimate of drug-likeness (QED) is 0.0830. The van der Waals surface area contributed by atoms with Gasteiger partial charge in [-0.05, 0) is 38.2 Å². The first-order chi connectivity index (χ1) is 29.9. The Morgan fingerprint density at radius 1 is 0.875 bits per heavy atom. The fourth-order valence-electron chi connectivity index (χ4n) is 8.57. The van der Waals surface area contributed by atoms with Crippen molar-refractivity contribution in [2.45, 2.75) is 179 Å². The Balaban J connectivity index is 1.89. The summed E-state index contributed by atoms with van der Waals surface area (Å²) in [6.07, 6.45) is 2.55. The zero-order chi connectivity index (χ0) is 47.6. The number of fused-ring (bicyclic) bond motifs is 6. The lowest BCUT2D eigenvalue weighted by atomic mass is 9.70. The van der Waals surface area contributed by atoms with E-state index in [1.165, 1.54) is 33.1 Å². The van der Waals surface area contributed by atoms with Crippen molar-refractivity contribution in [3.8, 4) is 0 Å². The highest BCUT2D eigenvalue weighted by Gasteiger charge is 2.59. The SMILES string of the molecule is CCC/C=C/C=C/C(=O)O[C@H]1/C(=C/C(=O)OC)C[C@H]2C[C@H]([C@@H](C)O)OC(=O)C[C@H](O)C[C@H]3C[C@H](OC(C)=O)C(C)(C)[C@](O)(C[C@@H]4C/C(=C/C(=O)OC)C[C@H](/C=C/C(C)(C)C1(O)O2)O4)O3. The minimum absolute atomic E-state index is 0.0721. The summed E-state index contributed by atoms with van der Waals surface area (Å²) >= 11 is 0. The normalized spacial score (nSPS) is 35.8. The molecular weight excluding hydrogens is 836 g/mol. The predicted molar refractivity (Wildman–Crippen MR) is 228 cm³/mol. The molecule has 0 amide bonds. The van der Waals surface area contributed by atoms with Crippen LogP contribution in [-0.2, 0) is 61.9 Å². The third-order valence-electron chi connectivity index (χ3n) is 12.4. The molecule has 3 saturated heterocycles. The van der Waals surface area contributed by atoms with Crippen LogP contribution in [0.3, 0.4) is 0 Å². The second-order valence-electron chi connectivity index (χ2n) is 18.3. The van der Waals surface area contributed by atoms with Gasteiger partial charge in [0.15, 0.2) is 11.9 Å². The van der Waals surface area contributed by atoms with Crippen LogP contribution in [0, 0.1) is 10.8 Å². The molecule has 0 saturated carbocycles. The summed E-state index contributed by atoms with van der Waals surface area (Å²) < 4.78 is 46.7. The van der Waals surface area contributed by atoms with Gasteiger partial charge in [-0.1, -0.05) is 77.0 Å². The number of ether oxygens (including phenoxy) is 8. The topological polar surface area (TPSA) is 240 Å². The van der Waals surface area contributed by atoms with E-state index in [4.69, 9.17) is 37.9 Å². The van der Waals surface area contributed by atoms with Crippen molar-refractivity contribution >= 4 is 29.8 Å². The van der Waals surface area contributed by atoms with Gasteiger partial charge in [0.1, 0.15) is 12.2 Å². The highest BCUT2D eigenvalue weighted by atomic mass is 16.7. The van der Waals surface area contributed by atoms with Gasteiger partial charge in [-0.3, -0.25) is 9.59 Å². The molecule has 0 radical (unpaired) electrons. The fraction of sp³-hybridized carbons (Fsp3) is 0.681. The Morgan fingerprint density at radius 3 is 2.20 bits per heavy atom. The summed E-state index contributed by atoms with van der Waals surface area (Å²) in [5, 5.41) is 47.5. The second kappa shape index (κ2) is 22.3. The maximum Gasteiger partial charge on any atom is 0.331 e. The number of hydrogen-bond donors (Lipinski definition) is 4. The lowest BCUT2D eigenvalue weighted by molar-refractivity contribution is -0.348. The molecule has 0 aliphatic carbocycles. The zero-order valence-corrected chi connectivity index (χ0v) is 38.5. The lowest BCUT2D eigenvalue weighted by Crippen LogP contribution is -2.62. The lowest BCUT2D eigenvalue weighted by Gasteiger charge is -2.53. The van der Waals surface area contributed by atoms with Gasteiger partial charge in [-0.2, -0.15) is 0 Å². The van der Waals surface area contributed by atoms with Crippen LogP contribution in [0.15, 0.2) is 59.8 Å². The number of cyclic esters (lactones) is 1. The highest BCUT2D eigenvalue weighted by molar-refractivity contribution is 5.85. The molecule has 64 heavy (non-hydrogen) atoms. The molecule has 6 bridgehead atoms. The van der Waals surface area contributed by atoms with Crippen molar-refractivity contribution < 1.29 is 82.3 Å². The second-order valence-corrected chi connectivity index (χ2v) is 18.3. The standard InChI is InChI=1S/C47H68O17/c1-10-11-12-13-14-15-39(51)62-43-31(22-41(53)58-9)21-34-25-37(28(2)48)61-42(54)24-32(50)23-35-26-38(59-29(3)49)45(6,7)46(55,63-35)27-36-19-30(20-40(52)57-8)18-33(60-36)16-17-44(4,5)47(43,56)64-34/h12-17,20,22,28,32-38,43,48,50,55-56H,10-11,18-19,21,23-27H2,1-9H3/b13-12+,15-14+,17-16+,30-20+,31-22+/t28-,32-,33+,34+,35+,36+,37-,38+,43+,46+,47?/m1/s1. The van der Waals surface area contributed by atoms with Crippen LogP contribution in [0.4, 0.5) is 0 Å². The first-order valence-corrected chi connectivity index (χ1v) is 21.9. The number of carbonyl (C=O) groups is 5. The Bertz CT molecular complexity index is 1830. The maximum absolute atomic E-state index is 13.4. The van der Waals surface area contributed by atoms with Gasteiger partial charge >= 0.3 is 29.8 Å². The first kappa shape index (κ1) is 52.4. The molecule has 4 heterocycles. The van der Waals surface area contributed by atoms with Gasteiger partial charge < -0.3 is 58.3 Å². The van der Waals surface area contributed by atoms with Gasteiger partial charge in [0.25, 0.3) is 0 Å². The van der Waals surface area contributed by atoms with Crippen LogP contribution in [0.5, 0.6) is 0 Å². The average molecular weight is 905 g/mol. The van der Waals surface area contributed by atoms with Crippen LogP contribution in [0.25, 0.3) is 0 Å². The van der Waals surface area contributed by atoms with Crippen molar-refractivity contribution in [1.82, 2.24) is 0 Å². The Hall–Kier alpha value is -4.23. The smallest absolute Gasteiger partial charge is 0.331 e. The first-order valence-electron chi connectivity index (χ1n) is 21.9. The van der Waals surface area contributed by atoms with Gasteiger partial charge in [-0.15, -0.1) is 0 Å². The number of unbranched alkanes of at least 4 members (excludes halogenated alkanes) is 1. The monoisotopic (exact) mass is 904 g/mol. The largest absolute Gasteiger partial charge is 0.466 e. The minimum Gasteiger partial charge on any atom is -0.466 e. The summed E-state index contributed by atoms with van der Waals surface area (Å²) in [5.41, 5.74) is -2.06. The van der Waals surface area contributed by atoms with E-state index < -0.39 is 114 Å². The van der Waals surface area contributed by atoms with Gasteiger partial charge in [0.2, 0.25) is 5.79 Å². The molecule has 4 aliphatic rings. The van der Waals surface area contributed by atoms with E-state index in [1.54, 1.807) is 45.9 Å². The predicted octanol–water partition coefficient (Wildman–Crippen LogP) is 4.28. The molecule has 3 fully saturated rings. The van der Waals surface area contributed by atoms with Crippen LogP contribution < -0.4 is 0 Å². The number of allylic oxidation sites excluding steroid dienone is 3. The van der Waals surface area contributed by atoms with E-state index in [9.17, 15) is 44.4 Å². The highest BCUT2D eigenvalue weighted by Crippen LogP contribution is 2.50. The molecule has 1 unspecified atom stereocenters. The molecule has 4 rings (SSSR count). The minimum atomic E-state index is -2.47. The Labute approximate surface area is 375 Å². The van der Waals surface area contributed by atoms with E-state index in [1.807, 2.05) is 13.0 Å². The summed E-state index contributed by atoms with van der Waals surface area (Å²) in [6.45, 7) is 11.2. The Morgan fingerprint density at radius 2 is 1.56 bits per heavy atom. The van der Waals surface area contributed by atoms with Crippen molar-refractivity contribution in [3.05, 3.63) is 59.8 Å². The van der Waals surface area contributed by atoms with Crippen molar-refractivity contribution in [2.75, 3.05) is 14.2 Å². The number of carbonyl (C=O) groups excluding carboxylic acids is 5. The number of aliphatic hydroxyl groups is 4. The Kier molecular flexibility index (Phi) is 18.3. The van der Waals surface area contributed by atoms with Crippen molar-refractivity contribution in [3.63, 3.8) is 0 Å². The third-order valence-corrected chi connectivity index (χ3v) is 12.4. The van der Waals surface area contributed by atoms with E-state index in [0.29, 0.717) is 5.57 Å². The molecule has 358 valence electrons. The molecule has 4 N–H and O–H groups in total. The molecule has 4 aliphatic heterocycles. The van der Waals surface area contributed by atoms with E-state index in [-0.39, 0.29) is 50.5 Å².